The van der Waals surface area contributed by atoms with Gasteiger partial charge < -0.3 is 19.3 Å². The lowest BCUT2D eigenvalue weighted by Gasteiger charge is -2.08. The predicted molar refractivity (Wildman–Crippen MR) is 92.5 cm³/mol. The number of carbonyl (C=O) groups is 2. The third-order valence-electron chi connectivity index (χ3n) is 3.34. The molecule has 25 heavy (non-hydrogen) atoms. The first-order valence-corrected chi connectivity index (χ1v) is 7.42. The van der Waals surface area contributed by atoms with Crippen molar-refractivity contribution < 1.29 is 28.9 Å². The Bertz CT molecular complexity index is 777. The SMILES string of the molecule is COc1ccc(OC)c(C(=O)/C=C/c2ccc(OCC(=O)O)cc2)c1. The zero-order valence-corrected chi connectivity index (χ0v) is 13.9. The molecule has 1 N–H and O–H groups in total. The van der Waals surface area contributed by atoms with Crippen LogP contribution in [0.2, 0.25) is 0 Å². The molecular formula is C19H18O6. The number of rotatable bonds is 8. The summed E-state index contributed by atoms with van der Waals surface area (Å²) in [6, 6.07) is 11.7. The molecule has 0 aliphatic heterocycles. The molecule has 0 heterocycles. The lowest BCUT2D eigenvalue weighted by molar-refractivity contribution is -0.139. The van der Waals surface area contributed by atoms with Crippen LogP contribution in [0.15, 0.2) is 48.5 Å². The van der Waals surface area contributed by atoms with Gasteiger partial charge in [0, 0.05) is 0 Å². The van der Waals surface area contributed by atoms with Crippen LogP contribution in [0.1, 0.15) is 15.9 Å². The van der Waals surface area contributed by atoms with E-state index in [0.717, 1.165) is 5.56 Å². The maximum absolute atomic E-state index is 12.4. The zero-order chi connectivity index (χ0) is 18.2. The van der Waals surface area contributed by atoms with Gasteiger partial charge in [0.05, 0.1) is 19.8 Å². The molecule has 6 nitrogen and oxygen atoms in total. The van der Waals surface area contributed by atoms with Crippen molar-refractivity contribution in [2.24, 2.45) is 0 Å². The van der Waals surface area contributed by atoms with Crippen LogP contribution >= 0.6 is 0 Å². The second-order valence-corrected chi connectivity index (χ2v) is 5.02. The summed E-state index contributed by atoms with van der Waals surface area (Å²) in [7, 11) is 3.03. The zero-order valence-electron chi connectivity index (χ0n) is 13.9. The molecule has 0 saturated heterocycles. The van der Waals surface area contributed by atoms with Gasteiger partial charge in [-0.05, 0) is 42.0 Å². The van der Waals surface area contributed by atoms with Gasteiger partial charge in [-0.2, -0.15) is 0 Å². The Hall–Kier alpha value is -3.28. The first-order valence-electron chi connectivity index (χ1n) is 7.42. The highest BCUT2D eigenvalue weighted by Gasteiger charge is 2.11. The topological polar surface area (TPSA) is 82.1 Å². The summed E-state index contributed by atoms with van der Waals surface area (Å²) in [5.41, 5.74) is 1.18. The van der Waals surface area contributed by atoms with Gasteiger partial charge in [0.1, 0.15) is 17.2 Å². The summed E-state index contributed by atoms with van der Waals surface area (Å²) < 4.78 is 15.4. The van der Waals surface area contributed by atoms with Crippen LogP contribution in [0.3, 0.4) is 0 Å². The third kappa shape index (κ3) is 5.10. The molecule has 2 aromatic carbocycles. The molecule has 6 heteroatoms. The minimum Gasteiger partial charge on any atom is -0.497 e. The van der Waals surface area contributed by atoms with Crippen LogP contribution in [0, 0.1) is 0 Å². The predicted octanol–water partition coefficient (Wildman–Crippen LogP) is 3.06. The molecule has 0 saturated carbocycles. The van der Waals surface area contributed by atoms with Crippen molar-refractivity contribution in [2.75, 3.05) is 20.8 Å². The van der Waals surface area contributed by atoms with Crippen molar-refractivity contribution in [3.05, 3.63) is 59.7 Å². The molecule has 0 radical (unpaired) electrons. The largest absolute Gasteiger partial charge is 0.497 e. The number of benzene rings is 2. The number of aliphatic carboxylic acids is 1. The van der Waals surface area contributed by atoms with Crippen molar-refractivity contribution in [3.8, 4) is 17.2 Å². The Balaban J connectivity index is 2.11. The second-order valence-electron chi connectivity index (χ2n) is 5.02. The first kappa shape index (κ1) is 18.1. The molecule has 0 aromatic heterocycles. The van der Waals surface area contributed by atoms with E-state index in [1.807, 2.05) is 0 Å². The molecule has 0 bridgehead atoms. The number of allylic oxidation sites excluding steroid dienone is 1. The standard InChI is InChI=1S/C19H18O6/c1-23-15-8-10-18(24-2)16(11-15)17(20)9-5-13-3-6-14(7-4-13)25-12-19(21)22/h3-11H,12H2,1-2H3,(H,21,22)/b9-5+. The quantitative estimate of drug-likeness (QED) is 0.586. The number of hydrogen-bond acceptors (Lipinski definition) is 5. The number of carboxylic acid groups (broad SMARTS) is 1. The Labute approximate surface area is 145 Å². The summed E-state index contributed by atoms with van der Waals surface area (Å²) in [4.78, 5) is 22.9. The number of carbonyl (C=O) groups excluding carboxylic acids is 1. The van der Waals surface area contributed by atoms with E-state index in [2.05, 4.69) is 0 Å². The molecule has 0 unspecified atom stereocenters. The summed E-state index contributed by atoms with van der Waals surface area (Å²) >= 11 is 0. The smallest absolute Gasteiger partial charge is 0.341 e. The van der Waals surface area contributed by atoms with Crippen molar-refractivity contribution in [1.82, 2.24) is 0 Å². The van der Waals surface area contributed by atoms with Gasteiger partial charge in [0.2, 0.25) is 0 Å². The maximum Gasteiger partial charge on any atom is 0.341 e. The van der Waals surface area contributed by atoms with Gasteiger partial charge in [0.25, 0.3) is 0 Å². The average Bonchev–Trinajstić information content (AvgIpc) is 2.64. The van der Waals surface area contributed by atoms with Crippen LogP contribution < -0.4 is 14.2 Å². The van der Waals surface area contributed by atoms with Crippen molar-refractivity contribution in [3.63, 3.8) is 0 Å². The monoisotopic (exact) mass is 342 g/mol. The minimum absolute atomic E-state index is 0.220. The van der Waals surface area contributed by atoms with Crippen LogP contribution in [0.25, 0.3) is 6.08 Å². The summed E-state index contributed by atoms with van der Waals surface area (Å²) in [6.07, 6.45) is 3.09. The summed E-state index contributed by atoms with van der Waals surface area (Å²) in [6.45, 7) is -0.399. The molecule has 2 rings (SSSR count). The van der Waals surface area contributed by atoms with Gasteiger partial charge in [-0.3, -0.25) is 4.79 Å². The number of ketones is 1. The molecule has 0 atom stereocenters. The lowest BCUT2D eigenvalue weighted by Crippen LogP contribution is -2.09. The van der Waals surface area contributed by atoms with E-state index in [9.17, 15) is 9.59 Å². The molecule has 2 aromatic rings. The van der Waals surface area contributed by atoms with Crippen LogP contribution in [0.4, 0.5) is 0 Å². The minimum atomic E-state index is -1.04. The Morgan fingerprint density at radius 1 is 1.00 bits per heavy atom. The first-order chi connectivity index (χ1) is 12.0. The molecule has 0 aliphatic carbocycles. The summed E-state index contributed by atoms with van der Waals surface area (Å²) in [5.74, 6) is 0.217. The Morgan fingerprint density at radius 3 is 2.28 bits per heavy atom. The third-order valence-corrected chi connectivity index (χ3v) is 3.34. The fourth-order valence-corrected chi connectivity index (χ4v) is 2.09. The molecule has 130 valence electrons. The molecule has 0 fully saturated rings. The number of carboxylic acids is 1. The van der Waals surface area contributed by atoms with Gasteiger partial charge in [-0.25, -0.2) is 4.79 Å². The molecule has 0 spiro atoms. The fourth-order valence-electron chi connectivity index (χ4n) is 2.09. The van der Waals surface area contributed by atoms with Crippen molar-refractivity contribution in [1.29, 1.82) is 0 Å². The van der Waals surface area contributed by atoms with Crippen LogP contribution in [0.5, 0.6) is 17.2 Å². The Morgan fingerprint density at radius 2 is 1.68 bits per heavy atom. The highest BCUT2D eigenvalue weighted by molar-refractivity contribution is 6.08. The lowest BCUT2D eigenvalue weighted by atomic mass is 10.1. The van der Waals surface area contributed by atoms with Gasteiger partial charge >= 0.3 is 5.97 Å². The van der Waals surface area contributed by atoms with E-state index in [1.165, 1.54) is 20.3 Å². The molecule has 0 aliphatic rings. The average molecular weight is 342 g/mol. The van der Waals surface area contributed by atoms with Crippen LogP contribution in [-0.2, 0) is 4.79 Å². The normalized spacial score (nSPS) is 10.5. The molecular weight excluding hydrogens is 324 g/mol. The van der Waals surface area contributed by atoms with E-state index < -0.39 is 12.6 Å². The van der Waals surface area contributed by atoms with Crippen LogP contribution in [-0.4, -0.2) is 37.7 Å². The van der Waals surface area contributed by atoms with E-state index in [-0.39, 0.29) is 5.78 Å². The highest BCUT2D eigenvalue weighted by Crippen LogP contribution is 2.25. The highest BCUT2D eigenvalue weighted by atomic mass is 16.5. The van der Waals surface area contributed by atoms with Crippen molar-refractivity contribution >= 4 is 17.8 Å². The van der Waals surface area contributed by atoms with Crippen molar-refractivity contribution in [2.45, 2.75) is 0 Å². The van der Waals surface area contributed by atoms with Gasteiger partial charge in [-0.15, -0.1) is 0 Å². The number of hydrogen-bond donors (Lipinski definition) is 1. The number of ether oxygens (including phenoxy) is 3. The molecule has 0 amide bonds. The van der Waals surface area contributed by atoms with E-state index in [0.29, 0.717) is 22.8 Å². The van der Waals surface area contributed by atoms with Gasteiger partial charge in [-0.1, -0.05) is 18.2 Å². The van der Waals surface area contributed by atoms with E-state index in [1.54, 1.807) is 48.5 Å². The van der Waals surface area contributed by atoms with Gasteiger partial charge in [0.15, 0.2) is 12.4 Å². The summed E-state index contributed by atoms with van der Waals surface area (Å²) in [5, 5.41) is 8.57. The maximum atomic E-state index is 12.4. The van der Waals surface area contributed by atoms with E-state index >= 15 is 0 Å². The van der Waals surface area contributed by atoms with E-state index in [4.69, 9.17) is 19.3 Å². The number of methoxy groups -OCH3 is 2. The fraction of sp³-hybridized carbons (Fsp3) is 0.158. The Kier molecular flexibility index (Phi) is 6.17. The second kappa shape index (κ2) is 8.54.